The molecule has 0 spiro atoms. The van der Waals surface area contributed by atoms with E-state index in [0.29, 0.717) is 33.8 Å². The van der Waals surface area contributed by atoms with Crippen LogP contribution in [0.3, 0.4) is 0 Å². The van der Waals surface area contributed by atoms with Gasteiger partial charge in [0.1, 0.15) is 16.5 Å². The number of nitrogens with one attached hydrogen (secondary N) is 1. The first-order valence-electron chi connectivity index (χ1n) is 10.8. The molecule has 4 rings (SSSR count). The molecule has 0 saturated heterocycles. The zero-order chi connectivity index (χ0) is 24.1. The molecule has 0 amide bonds. The van der Waals surface area contributed by atoms with Gasteiger partial charge in [0.2, 0.25) is 5.95 Å². The second-order valence-electron chi connectivity index (χ2n) is 8.01. The second-order valence-corrected chi connectivity index (χ2v) is 8.98. The van der Waals surface area contributed by atoms with Crippen molar-refractivity contribution in [2.75, 3.05) is 57.3 Å². The van der Waals surface area contributed by atoms with Crippen LogP contribution in [-0.2, 0) is 0 Å². The van der Waals surface area contributed by atoms with Crippen LogP contribution in [-0.4, -0.2) is 66.4 Å². The van der Waals surface area contributed by atoms with Crippen molar-refractivity contribution in [3.05, 3.63) is 54.7 Å². The average molecular weight is 477 g/mol. The van der Waals surface area contributed by atoms with Gasteiger partial charge in [0.25, 0.3) is 0 Å². The van der Waals surface area contributed by atoms with Gasteiger partial charge in [-0.05, 0) is 26.2 Å². The van der Waals surface area contributed by atoms with Gasteiger partial charge in [-0.3, -0.25) is 0 Å². The number of methoxy groups -OCH3 is 1. The largest absolute Gasteiger partial charge is 0.494 e. The number of nitrogens with two attached hydrogens (primary N) is 1. The summed E-state index contributed by atoms with van der Waals surface area (Å²) in [6, 6.07) is 15.5. The number of nitrogens with zero attached hydrogens (tertiary/aromatic N) is 6. The molecule has 176 valence electrons. The Labute approximate surface area is 203 Å². The molecule has 0 unspecified atom stereocenters. The van der Waals surface area contributed by atoms with Crippen LogP contribution < -0.4 is 20.7 Å². The van der Waals surface area contributed by atoms with Crippen molar-refractivity contribution in [2.45, 2.75) is 0 Å². The van der Waals surface area contributed by atoms with Gasteiger partial charge < -0.3 is 25.6 Å². The predicted octanol–water partition coefficient (Wildman–Crippen LogP) is 3.99. The summed E-state index contributed by atoms with van der Waals surface area (Å²) in [5, 5.41) is 13.4. The van der Waals surface area contributed by atoms with Gasteiger partial charge in [-0.1, -0.05) is 41.7 Å². The molecule has 4 aromatic rings. The third-order valence-corrected chi connectivity index (χ3v) is 6.20. The Morgan fingerprint density at radius 3 is 2.50 bits per heavy atom. The lowest BCUT2D eigenvalue weighted by Crippen LogP contribution is -2.29. The summed E-state index contributed by atoms with van der Waals surface area (Å²) in [5.74, 6) is 1.07. The molecule has 0 bridgehead atoms. The van der Waals surface area contributed by atoms with E-state index in [-0.39, 0.29) is 0 Å². The zero-order valence-corrected chi connectivity index (χ0v) is 20.5. The molecule has 10 heteroatoms. The fraction of sp³-hybridized carbons (Fsp3) is 0.250. The highest BCUT2D eigenvalue weighted by atomic mass is 32.1. The number of hydrogen-bond donors (Lipinski definition) is 2. The molecule has 3 N–H and O–H groups in total. The highest BCUT2D eigenvalue weighted by Crippen LogP contribution is 2.36. The third-order valence-electron chi connectivity index (χ3n) is 5.21. The van der Waals surface area contributed by atoms with Crippen molar-refractivity contribution < 1.29 is 4.74 Å². The Balaban J connectivity index is 1.56. The van der Waals surface area contributed by atoms with Gasteiger partial charge >= 0.3 is 0 Å². The van der Waals surface area contributed by atoms with Gasteiger partial charge in [-0.2, -0.15) is 0 Å². The van der Waals surface area contributed by atoms with Gasteiger partial charge in [0, 0.05) is 38.0 Å². The SMILES string of the molecule is COc1cc(N(C)CCN(C)C)c(N)cc1Nc1nccc(-c2nnc(-c3ccccc3)s2)n1. The van der Waals surface area contributed by atoms with Crippen molar-refractivity contribution in [2.24, 2.45) is 0 Å². The summed E-state index contributed by atoms with van der Waals surface area (Å²) in [6.45, 7) is 1.75. The van der Waals surface area contributed by atoms with Crippen LogP contribution in [0.5, 0.6) is 5.75 Å². The number of anilines is 4. The molecule has 0 fully saturated rings. The molecule has 0 atom stereocenters. The summed E-state index contributed by atoms with van der Waals surface area (Å²) < 4.78 is 5.63. The lowest BCUT2D eigenvalue weighted by molar-refractivity contribution is 0.413. The first kappa shape index (κ1) is 23.4. The van der Waals surface area contributed by atoms with Gasteiger partial charge in [0.15, 0.2) is 5.01 Å². The molecule has 9 nitrogen and oxygen atoms in total. The van der Waals surface area contributed by atoms with Crippen molar-refractivity contribution in [1.29, 1.82) is 0 Å². The molecule has 0 saturated carbocycles. The Bertz CT molecular complexity index is 1240. The first-order chi connectivity index (χ1) is 16.4. The summed E-state index contributed by atoms with van der Waals surface area (Å²) in [5.41, 5.74) is 10.3. The fourth-order valence-electron chi connectivity index (χ4n) is 3.34. The zero-order valence-electron chi connectivity index (χ0n) is 19.7. The highest BCUT2D eigenvalue weighted by Gasteiger charge is 2.15. The molecule has 2 aromatic carbocycles. The lowest BCUT2D eigenvalue weighted by atomic mass is 10.2. The van der Waals surface area contributed by atoms with Crippen LogP contribution >= 0.6 is 11.3 Å². The fourth-order valence-corrected chi connectivity index (χ4v) is 4.15. The second kappa shape index (κ2) is 10.4. The maximum Gasteiger partial charge on any atom is 0.227 e. The molecule has 0 aliphatic carbocycles. The number of rotatable bonds is 9. The van der Waals surface area contributed by atoms with E-state index in [1.807, 2.05) is 69.7 Å². The Morgan fingerprint density at radius 1 is 1.00 bits per heavy atom. The Kier molecular flexibility index (Phi) is 7.19. The predicted molar refractivity (Wildman–Crippen MR) is 139 cm³/mol. The third kappa shape index (κ3) is 5.41. The Morgan fingerprint density at radius 2 is 1.76 bits per heavy atom. The van der Waals surface area contributed by atoms with Crippen LogP contribution in [0.15, 0.2) is 54.7 Å². The van der Waals surface area contributed by atoms with Gasteiger partial charge in [-0.15, -0.1) is 10.2 Å². The maximum atomic E-state index is 6.38. The van der Waals surface area contributed by atoms with E-state index in [1.165, 1.54) is 11.3 Å². The van der Waals surface area contributed by atoms with Gasteiger partial charge in [0.05, 0.1) is 24.2 Å². The molecule has 0 aliphatic heterocycles. The standard InChI is InChI=1S/C24H28N8OS/c1-31(2)12-13-32(3)20-15-21(33-4)19(14-17(20)25)28-24-26-11-10-18(27-24)23-30-29-22(34-23)16-8-6-5-7-9-16/h5-11,14-15H,12-13,25H2,1-4H3,(H,26,27,28). The highest BCUT2D eigenvalue weighted by molar-refractivity contribution is 7.17. The minimum absolute atomic E-state index is 0.417. The van der Waals surface area contributed by atoms with Crippen LogP contribution in [0.1, 0.15) is 0 Å². The number of ether oxygens (including phenoxy) is 1. The molecular formula is C24H28N8OS. The van der Waals surface area contributed by atoms with Crippen LogP contribution in [0.25, 0.3) is 21.3 Å². The minimum atomic E-state index is 0.417. The molecule has 0 aliphatic rings. The van der Waals surface area contributed by atoms with E-state index < -0.39 is 0 Å². The number of hydrogen-bond acceptors (Lipinski definition) is 10. The van der Waals surface area contributed by atoms with E-state index in [0.717, 1.165) is 29.3 Å². The first-order valence-corrected chi connectivity index (χ1v) is 11.6. The van der Waals surface area contributed by atoms with Crippen LogP contribution in [0, 0.1) is 0 Å². The average Bonchev–Trinajstić information content (AvgIpc) is 3.34. The summed E-state index contributed by atoms with van der Waals surface area (Å²) in [4.78, 5) is 13.2. The number of nitrogen functional groups attached to an aromatic ring is 1. The van der Waals surface area contributed by atoms with Crippen LogP contribution in [0.4, 0.5) is 23.0 Å². The number of aromatic nitrogens is 4. The van der Waals surface area contributed by atoms with Crippen molar-refractivity contribution >= 4 is 34.3 Å². The molecule has 0 radical (unpaired) electrons. The topological polar surface area (TPSA) is 105 Å². The van der Waals surface area contributed by atoms with Gasteiger partial charge in [-0.25, -0.2) is 9.97 Å². The molecule has 2 heterocycles. The van der Waals surface area contributed by atoms with Crippen molar-refractivity contribution in [3.8, 4) is 27.0 Å². The van der Waals surface area contributed by atoms with E-state index in [9.17, 15) is 0 Å². The van der Waals surface area contributed by atoms with E-state index in [2.05, 4.69) is 35.3 Å². The molecule has 34 heavy (non-hydrogen) atoms. The normalized spacial score (nSPS) is 11.0. The van der Waals surface area contributed by atoms with E-state index in [1.54, 1.807) is 13.3 Å². The van der Waals surface area contributed by atoms with Crippen molar-refractivity contribution in [1.82, 2.24) is 25.1 Å². The molecule has 2 aromatic heterocycles. The molecular weight excluding hydrogens is 448 g/mol. The maximum absolute atomic E-state index is 6.38. The minimum Gasteiger partial charge on any atom is -0.494 e. The Hall–Kier alpha value is -3.76. The summed E-state index contributed by atoms with van der Waals surface area (Å²) >= 11 is 1.48. The lowest BCUT2D eigenvalue weighted by Gasteiger charge is -2.24. The van der Waals surface area contributed by atoms with Crippen LogP contribution in [0.2, 0.25) is 0 Å². The number of likely N-dealkylation sites (N-methyl/N-ethyl adjacent to an activating group) is 2. The van der Waals surface area contributed by atoms with E-state index in [4.69, 9.17) is 10.5 Å². The van der Waals surface area contributed by atoms with Crippen molar-refractivity contribution in [3.63, 3.8) is 0 Å². The monoisotopic (exact) mass is 476 g/mol. The number of benzene rings is 2. The summed E-state index contributed by atoms with van der Waals surface area (Å²) in [7, 11) is 7.73. The quantitative estimate of drug-likeness (QED) is 0.347. The van der Waals surface area contributed by atoms with E-state index >= 15 is 0 Å². The summed E-state index contributed by atoms with van der Waals surface area (Å²) in [6.07, 6.45) is 1.69. The smallest absolute Gasteiger partial charge is 0.227 e.